The molecule has 0 atom stereocenters. The molecule has 6 nitrogen and oxygen atoms in total. The average Bonchev–Trinajstić information content (AvgIpc) is 2.47. The van der Waals surface area contributed by atoms with Crippen molar-refractivity contribution in [1.29, 1.82) is 0 Å². The van der Waals surface area contributed by atoms with Crippen LogP contribution in [0.2, 0.25) is 0 Å². The van der Waals surface area contributed by atoms with Crippen molar-refractivity contribution in [2.75, 3.05) is 38.1 Å². The molecule has 0 saturated carbocycles. The van der Waals surface area contributed by atoms with Crippen LogP contribution in [0.3, 0.4) is 0 Å². The molecule has 2 heterocycles. The first-order valence-electron chi connectivity index (χ1n) is 6.62. The Balaban J connectivity index is 0.00000161. The van der Waals surface area contributed by atoms with Gasteiger partial charge in [-0.2, -0.15) is 0 Å². The van der Waals surface area contributed by atoms with Gasteiger partial charge < -0.3 is 9.80 Å². The number of benzene rings is 1. The van der Waals surface area contributed by atoms with Crippen molar-refractivity contribution in [2.24, 2.45) is 0 Å². The van der Waals surface area contributed by atoms with E-state index in [1.165, 1.54) is 6.20 Å². The lowest BCUT2D eigenvalue weighted by molar-refractivity contribution is -0.384. The fourth-order valence-corrected chi connectivity index (χ4v) is 2.61. The largest absolute Gasteiger partial charge is 0.363 e. The lowest BCUT2D eigenvalue weighted by Gasteiger charge is -2.34. The average molecular weight is 309 g/mol. The maximum Gasteiger partial charge on any atom is 0.311 e. The minimum Gasteiger partial charge on any atom is -0.363 e. The summed E-state index contributed by atoms with van der Waals surface area (Å²) in [6, 6.07) is 7.59. The number of rotatable bonds is 2. The van der Waals surface area contributed by atoms with Gasteiger partial charge >= 0.3 is 5.69 Å². The Morgan fingerprint density at radius 1 is 1.19 bits per heavy atom. The molecule has 0 bridgehead atoms. The van der Waals surface area contributed by atoms with Crippen LogP contribution < -0.4 is 4.90 Å². The van der Waals surface area contributed by atoms with Crippen molar-refractivity contribution in [3.05, 3.63) is 40.6 Å². The lowest BCUT2D eigenvalue weighted by atomic mass is 10.1. The van der Waals surface area contributed by atoms with Crippen LogP contribution in [-0.4, -0.2) is 48.0 Å². The molecule has 1 aromatic carbocycles. The SMILES string of the molecule is CN1CCN(c2c([N+](=O)[O-])cnc3ccccc23)CC1.Cl. The van der Waals surface area contributed by atoms with Crippen LogP contribution >= 0.6 is 12.4 Å². The van der Waals surface area contributed by atoms with E-state index in [0.29, 0.717) is 5.69 Å². The maximum absolute atomic E-state index is 11.3. The number of hydrogen-bond donors (Lipinski definition) is 0. The summed E-state index contributed by atoms with van der Waals surface area (Å²) < 4.78 is 0. The van der Waals surface area contributed by atoms with Gasteiger partial charge in [0.1, 0.15) is 11.9 Å². The third-order valence-corrected chi connectivity index (χ3v) is 3.74. The van der Waals surface area contributed by atoms with Gasteiger partial charge in [0.25, 0.3) is 0 Å². The minimum atomic E-state index is -0.340. The summed E-state index contributed by atoms with van der Waals surface area (Å²) in [7, 11) is 2.07. The number of fused-ring (bicyclic) bond motifs is 1. The first kappa shape index (κ1) is 15.5. The number of likely N-dealkylation sites (N-methyl/N-ethyl adjacent to an activating group) is 1. The molecule has 1 aromatic heterocycles. The van der Waals surface area contributed by atoms with Gasteiger partial charge in [0.2, 0.25) is 0 Å². The molecule has 7 heteroatoms. The zero-order valence-corrected chi connectivity index (χ0v) is 12.5. The fraction of sp³-hybridized carbons (Fsp3) is 0.357. The Labute approximate surface area is 128 Å². The molecule has 21 heavy (non-hydrogen) atoms. The molecular weight excluding hydrogens is 292 g/mol. The molecule has 0 radical (unpaired) electrons. The molecule has 0 amide bonds. The topological polar surface area (TPSA) is 62.5 Å². The predicted octanol–water partition coefficient (Wildman–Crippen LogP) is 2.32. The van der Waals surface area contributed by atoms with E-state index < -0.39 is 0 Å². The number of anilines is 1. The van der Waals surface area contributed by atoms with E-state index in [-0.39, 0.29) is 23.0 Å². The van der Waals surface area contributed by atoms with E-state index >= 15 is 0 Å². The van der Waals surface area contributed by atoms with E-state index in [1.807, 2.05) is 24.3 Å². The highest BCUT2D eigenvalue weighted by Gasteiger charge is 2.25. The Morgan fingerprint density at radius 3 is 2.52 bits per heavy atom. The van der Waals surface area contributed by atoms with Gasteiger partial charge in [-0.25, -0.2) is 4.98 Å². The number of aromatic nitrogens is 1. The second-order valence-electron chi connectivity index (χ2n) is 5.06. The number of nitro groups is 1. The molecule has 3 rings (SSSR count). The van der Waals surface area contributed by atoms with Gasteiger partial charge in [-0.15, -0.1) is 12.4 Å². The van der Waals surface area contributed by atoms with E-state index in [2.05, 4.69) is 21.8 Å². The van der Waals surface area contributed by atoms with Gasteiger partial charge in [0, 0.05) is 31.6 Å². The first-order valence-corrected chi connectivity index (χ1v) is 6.62. The van der Waals surface area contributed by atoms with Crippen LogP contribution in [0, 0.1) is 10.1 Å². The molecule has 0 N–H and O–H groups in total. The Kier molecular flexibility index (Phi) is 4.59. The van der Waals surface area contributed by atoms with E-state index in [4.69, 9.17) is 0 Å². The van der Waals surface area contributed by atoms with Gasteiger partial charge in [-0.1, -0.05) is 18.2 Å². The highest BCUT2D eigenvalue weighted by molar-refractivity contribution is 5.96. The van der Waals surface area contributed by atoms with Crippen molar-refractivity contribution in [2.45, 2.75) is 0 Å². The van der Waals surface area contributed by atoms with E-state index in [9.17, 15) is 10.1 Å². The number of piperazine rings is 1. The normalized spacial score (nSPS) is 15.8. The number of para-hydroxylation sites is 1. The Morgan fingerprint density at radius 2 is 1.86 bits per heavy atom. The highest BCUT2D eigenvalue weighted by Crippen LogP contribution is 2.35. The van der Waals surface area contributed by atoms with Crippen molar-refractivity contribution < 1.29 is 4.92 Å². The van der Waals surface area contributed by atoms with Crippen molar-refractivity contribution in [1.82, 2.24) is 9.88 Å². The molecule has 1 aliphatic heterocycles. The quantitative estimate of drug-likeness (QED) is 0.629. The van der Waals surface area contributed by atoms with Gasteiger partial charge in [0.05, 0.1) is 10.4 Å². The summed E-state index contributed by atoms with van der Waals surface area (Å²) in [4.78, 5) is 19.5. The smallest absolute Gasteiger partial charge is 0.311 e. The third kappa shape index (κ3) is 2.91. The molecule has 1 aliphatic rings. The second kappa shape index (κ2) is 6.24. The molecular formula is C14H17ClN4O2. The summed E-state index contributed by atoms with van der Waals surface area (Å²) in [6.07, 6.45) is 1.37. The molecule has 1 saturated heterocycles. The first-order chi connectivity index (χ1) is 9.66. The highest BCUT2D eigenvalue weighted by atomic mass is 35.5. The second-order valence-corrected chi connectivity index (χ2v) is 5.06. The van der Waals surface area contributed by atoms with Crippen LogP contribution in [0.1, 0.15) is 0 Å². The van der Waals surface area contributed by atoms with Crippen molar-refractivity contribution in [3.8, 4) is 0 Å². The molecule has 0 aliphatic carbocycles. The zero-order chi connectivity index (χ0) is 14.1. The standard InChI is InChI=1S/C14H16N4O2.ClH/c1-16-6-8-17(9-7-16)14-11-4-2-3-5-12(11)15-10-13(14)18(19)20;/h2-5,10H,6-9H2,1H3;1H. The number of hydrogen-bond acceptors (Lipinski definition) is 5. The molecule has 2 aromatic rings. The lowest BCUT2D eigenvalue weighted by Crippen LogP contribution is -2.44. The van der Waals surface area contributed by atoms with Crippen LogP contribution in [0.15, 0.2) is 30.5 Å². The summed E-state index contributed by atoms with van der Waals surface area (Å²) in [5.41, 5.74) is 1.59. The molecule has 112 valence electrons. The number of halogens is 1. The third-order valence-electron chi connectivity index (χ3n) is 3.74. The fourth-order valence-electron chi connectivity index (χ4n) is 2.61. The summed E-state index contributed by atoms with van der Waals surface area (Å²) in [5.74, 6) is 0. The Bertz CT molecular complexity index is 656. The number of pyridine rings is 1. The van der Waals surface area contributed by atoms with Crippen molar-refractivity contribution in [3.63, 3.8) is 0 Å². The molecule has 0 spiro atoms. The predicted molar refractivity (Wildman–Crippen MR) is 85.4 cm³/mol. The maximum atomic E-state index is 11.3. The van der Waals surface area contributed by atoms with Crippen LogP contribution in [0.25, 0.3) is 10.9 Å². The van der Waals surface area contributed by atoms with Crippen LogP contribution in [0.5, 0.6) is 0 Å². The van der Waals surface area contributed by atoms with E-state index in [0.717, 1.165) is 37.1 Å². The van der Waals surface area contributed by atoms with Crippen LogP contribution in [-0.2, 0) is 0 Å². The van der Waals surface area contributed by atoms with Gasteiger partial charge in [0.15, 0.2) is 0 Å². The minimum absolute atomic E-state index is 0. The molecule has 0 unspecified atom stereocenters. The monoisotopic (exact) mass is 308 g/mol. The number of nitrogens with zero attached hydrogens (tertiary/aromatic N) is 4. The van der Waals surface area contributed by atoms with Gasteiger partial charge in [-0.3, -0.25) is 10.1 Å². The van der Waals surface area contributed by atoms with Crippen LogP contribution in [0.4, 0.5) is 11.4 Å². The molecule has 1 fully saturated rings. The summed E-state index contributed by atoms with van der Waals surface area (Å²) in [5, 5.41) is 12.2. The zero-order valence-electron chi connectivity index (χ0n) is 11.7. The van der Waals surface area contributed by atoms with Gasteiger partial charge in [-0.05, 0) is 13.1 Å². The van der Waals surface area contributed by atoms with E-state index in [1.54, 1.807) is 0 Å². The van der Waals surface area contributed by atoms with Crippen molar-refractivity contribution >= 4 is 34.7 Å². The summed E-state index contributed by atoms with van der Waals surface area (Å²) in [6.45, 7) is 3.41. The Hall–Kier alpha value is -1.92. The summed E-state index contributed by atoms with van der Waals surface area (Å²) >= 11 is 0.